The van der Waals surface area contributed by atoms with Crippen LogP contribution in [-0.4, -0.2) is 53.7 Å². The first-order chi connectivity index (χ1) is 10.8. The Morgan fingerprint density at radius 1 is 1.26 bits per heavy atom. The van der Waals surface area contributed by atoms with Gasteiger partial charge in [-0.15, -0.1) is 0 Å². The molecule has 1 aliphatic carbocycles. The number of carbonyl (C=O) groups is 2. The molecule has 3 N–H and O–H groups in total. The lowest BCUT2D eigenvalue weighted by molar-refractivity contribution is -0.135. The molecule has 0 aromatic rings. The maximum atomic E-state index is 12.0. The summed E-state index contributed by atoms with van der Waals surface area (Å²) in [4.78, 5) is 25.2. The van der Waals surface area contributed by atoms with Crippen molar-refractivity contribution in [3.8, 4) is 0 Å². The molecule has 6 heteroatoms. The Morgan fingerprint density at radius 3 is 2.43 bits per heavy atom. The topological polar surface area (TPSA) is 89.9 Å². The molecule has 1 fully saturated rings. The van der Waals surface area contributed by atoms with Gasteiger partial charge in [0.1, 0.15) is 5.70 Å². The average Bonchev–Trinajstić information content (AvgIpc) is 3.10. The molecule has 0 bridgehead atoms. The minimum absolute atomic E-state index is 0.00454. The Morgan fingerprint density at radius 2 is 1.91 bits per heavy atom. The lowest BCUT2D eigenvalue weighted by atomic mass is 10.1. The van der Waals surface area contributed by atoms with Crippen molar-refractivity contribution in [3.05, 3.63) is 11.8 Å². The van der Waals surface area contributed by atoms with Gasteiger partial charge in [0.25, 0.3) is 0 Å². The highest BCUT2D eigenvalue weighted by Crippen LogP contribution is 2.51. The summed E-state index contributed by atoms with van der Waals surface area (Å²) in [7, 11) is 1.97. The summed E-state index contributed by atoms with van der Waals surface area (Å²) in [6.45, 7) is 5.78. The van der Waals surface area contributed by atoms with E-state index in [0.717, 1.165) is 32.2 Å². The number of nitrogens with zero attached hydrogens (tertiary/aromatic N) is 1. The number of aliphatic hydroxyl groups is 1. The van der Waals surface area contributed by atoms with E-state index in [9.17, 15) is 14.7 Å². The van der Waals surface area contributed by atoms with E-state index in [1.807, 2.05) is 20.9 Å². The molecular weight excluding hydrogens is 296 g/mol. The maximum Gasteiger partial charge on any atom is 0.352 e. The number of amides is 1. The highest BCUT2D eigenvalue weighted by Gasteiger charge is 2.50. The van der Waals surface area contributed by atoms with Crippen molar-refractivity contribution in [2.45, 2.75) is 46.0 Å². The summed E-state index contributed by atoms with van der Waals surface area (Å²) in [5.41, 5.74) is -0.0102. The van der Waals surface area contributed by atoms with Crippen LogP contribution in [0.5, 0.6) is 0 Å². The lowest BCUT2D eigenvalue weighted by Crippen LogP contribution is -2.29. The molecule has 0 heterocycles. The first-order valence-electron chi connectivity index (χ1n) is 8.31. The predicted octanol–water partition coefficient (Wildman–Crippen LogP) is 1.60. The number of carboxylic acid groups (broad SMARTS) is 1. The van der Waals surface area contributed by atoms with Crippen LogP contribution in [0.15, 0.2) is 11.8 Å². The number of allylic oxidation sites excluding steroid dienone is 1. The third-order valence-corrected chi connectivity index (χ3v) is 4.39. The number of hydrogen-bond acceptors (Lipinski definition) is 4. The van der Waals surface area contributed by atoms with Gasteiger partial charge in [0.2, 0.25) is 5.91 Å². The van der Waals surface area contributed by atoms with Crippen LogP contribution in [0.1, 0.15) is 46.0 Å². The largest absolute Gasteiger partial charge is 0.477 e. The van der Waals surface area contributed by atoms with Crippen molar-refractivity contribution in [1.29, 1.82) is 0 Å². The molecule has 1 atom stereocenters. The number of carboxylic acids is 1. The van der Waals surface area contributed by atoms with Crippen molar-refractivity contribution < 1.29 is 19.8 Å². The maximum absolute atomic E-state index is 12.0. The molecule has 0 spiro atoms. The Kier molecular flexibility index (Phi) is 7.72. The summed E-state index contributed by atoms with van der Waals surface area (Å²) in [6.07, 6.45) is 5.94. The van der Waals surface area contributed by atoms with E-state index in [1.165, 1.54) is 0 Å². The van der Waals surface area contributed by atoms with Crippen molar-refractivity contribution >= 4 is 11.9 Å². The second-order valence-electron chi connectivity index (χ2n) is 7.03. The van der Waals surface area contributed by atoms with Gasteiger partial charge in [-0.2, -0.15) is 0 Å². The van der Waals surface area contributed by atoms with E-state index in [4.69, 9.17) is 5.11 Å². The molecule has 1 amide bonds. The van der Waals surface area contributed by atoms with Crippen molar-refractivity contribution in [2.24, 2.45) is 11.3 Å². The second-order valence-corrected chi connectivity index (χ2v) is 7.03. The molecule has 0 saturated heterocycles. The van der Waals surface area contributed by atoms with Crippen LogP contribution in [0, 0.1) is 11.3 Å². The number of hydrogen-bond donors (Lipinski definition) is 3. The fourth-order valence-corrected chi connectivity index (χ4v) is 2.56. The molecule has 23 heavy (non-hydrogen) atoms. The van der Waals surface area contributed by atoms with Crippen molar-refractivity contribution in [2.75, 3.05) is 26.7 Å². The lowest BCUT2D eigenvalue weighted by Gasteiger charge is -2.14. The van der Waals surface area contributed by atoms with Crippen LogP contribution < -0.4 is 5.32 Å². The van der Waals surface area contributed by atoms with Crippen LogP contribution in [0.25, 0.3) is 0 Å². The zero-order chi connectivity index (χ0) is 17.5. The number of rotatable bonds is 11. The third-order valence-electron chi connectivity index (χ3n) is 4.39. The fourth-order valence-electron chi connectivity index (χ4n) is 2.56. The van der Waals surface area contributed by atoms with Gasteiger partial charge in [-0.3, -0.25) is 4.79 Å². The molecule has 132 valence electrons. The monoisotopic (exact) mass is 326 g/mol. The van der Waals surface area contributed by atoms with E-state index >= 15 is 0 Å². The fraction of sp³-hybridized carbons (Fsp3) is 0.765. The zero-order valence-corrected chi connectivity index (χ0v) is 14.5. The van der Waals surface area contributed by atoms with Gasteiger partial charge < -0.3 is 20.4 Å². The first kappa shape index (κ1) is 19.6. The molecule has 1 aliphatic rings. The molecule has 0 aromatic carbocycles. The number of aliphatic hydroxyl groups excluding tert-OH is 1. The first-order valence-corrected chi connectivity index (χ1v) is 8.31. The van der Waals surface area contributed by atoms with Crippen LogP contribution >= 0.6 is 0 Å². The smallest absolute Gasteiger partial charge is 0.352 e. The summed E-state index contributed by atoms with van der Waals surface area (Å²) < 4.78 is 0. The van der Waals surface area contributed by atoms with Gasteiger partial charge in [0.05, 0.1) is 6.61 Å². The van der Waals surface area contributed by atoms with E-state index in [1.54, 1.807) is 6.08 Å². The van der Waals surface area contributed by atoms with Crippen LogP contribution in [0.3, 0.4) is 0 Å². The standard InChI is InChI=1S/C17H30N2O4/c1-17(2)12-13(17)15(21)18-14(16(22)23)8-6-4-5-7-9-19(3)10-11-20/h8,13,20H,4-7,9-12H2,1-3H3,(H,18,21)(H,22,23)/b14-8-. The Bertz CT molecular complexity index is 446. The zero-order valence-electron chi connectivity index (χ0n) is 14.5. The predicted molar refractivity (Wildman–Crippen MR) is 88.8 cm³/mol. The minimum Gasteiger partial charge on any atom is -0.477 e. The van der Waals surface area contributed by atoms with Gasteiger partial charge in [-0.05, 0) is 44.7 Å². The summed E-state index contributed by atoms with van der Waals surface area (Å²) >= 11 is 0. The Balaban J connectivity index is 2.27. The Labute approximate surface area is 138 Å². The van der Waals surface area contributed by atoms with Crippen molar-refractivity contribution in [1.82, 2.24) is 10.2 Å². The van der Waals surface area contributed by atoms with E-state index in [0.29, 0.717) is 13.0 Å². The van der Waals surface area contributed by atoms with Crippen LogP contribution in [-0.2, 0) is 9.59 Å². The molecule has 6 nitrogen and oxygen atoms in total. The average molecular weight is 326 g/mol. The number of likely N-dealkylation sites (N-methyl/N-ethyl adjacent to an activating group) is 1. The van der Waals surface area contributed by atoms with Crippen molar-refractivity contribution in [3.63, 3.8) is 0 Å². The molecular formula is C17H30N2O4. The summed E-state index contributed by atoms with van der Waals surface area (Å²) in [5, 5.41) is 20.5. The normalized spacial score (nSPS) is 19.7. The number of aliphatic carboxylic acids is 1. The molecule has 0 aliphatic heterocycles. The van der Waals surface area contributed by atoms with Gasteiger partial charge in [-0.25, -0.2) is 4.79 Å². The molecule has 0 radical (unpaired) electrons. The minimum atomic E-state index is -1.08. The molecule has 1 unspecified atom stereocenters. The summed E-state index contributed by atoms with van der Waals surface area (Å²) in [6, 6.07) is 0. The molecule has 1 saturated carbocycles. The van der Waals surface area contributed by atoms with Gasteiger partial charge in [-0.1, -0.05) is 26.3 Å². The second kappa shape index (κ2) is 9.03. The number of carbonyl (C=O) groups excluding carboxylic acids is 1. The van der Waals surface area contributed by atoms with Crippen LogP contribution in [0.4, 0.5) is 0 Å². The van der Waals surface area contributed by atoms with E-state index < -0.39 is 5.97 Å². The summed E-state index contributed by atoms with van der Waals surface area (Å²) in [5.74, 6) is -1.35. The van der Waals surface area contributed by atoms with Crippen LogP contribution in [0.2, 0.25) is 0 Å². The SMILES string of the molecule is CN(CCO)CCCCC/C=C(\NC(=O)C1CC1(C)C)C(=O)O. The Hall–Kier alpha value is -1.40. The highest BCUT2D eigenvalue weighted by molar-refractivity contribution is 5.94. The molecule has 0 aromatic heterocycles. The third kappa shape index (κ3) is 7.14. The van der Waals surface area contributed by atoms with E-state index in [-0.39, 0.29) is 29.5 Å². The van der Waals surface area contributed by atoms with Gasteiger partial charge >= 0.3 is 5.97 Å². The van der Waals surface area contributed by atoms with E-state index in [2.05, 4.69) is 10.2 Å². The number of unbranched alkanes of at least 4 members (excludes halogenated alkanes) is 3. The van der Waals surface area contributed by atoms with Gasteiger partial charge in [0.15, 0.2) is 0 Å². The quantitative estimate of drug-likeness (QED) is 0.396. The molecule has 1 rings (SSSR count). The number of nitrogens with one attached hydrogen (secondary N) is 1. The van der Waals surface area contributed by atoms with Gasteiger partial charge in [0, 0.05) is 12.5 Å². The highest BCUT2D eigenvalue weighted by atomic mass is 16.4.